The van der Waals surface area contributed by atoms with Crippen molar-refractivity contribution in [2.45, 2.75) is 58.2 Å². The van der Waals surface area contributed by atoms with Gasteiger partial charge >= 0.3 is 17.3 Å². The Morgan fingerprint density at radius 1 is 0.960 bits per heavy atom. The van der Waals surface area contributed by atoms with E-state index in [2.05, 4.69) is 4.72 Å². The van der Waals surface area contributed by atoms with Gasteiger partial charge in [0.2, 0.25) is 0 Å². The Balaban J connectivity index is 1.69. The van der Waals surface area contributed by atoms with E-state index in [-0.39, 0.29) is 0 Å². The van der Waals surface area contributed by atoms with Crippen LogP contribution in [-0.2, 0) is 19.5 Å². The van der Waals surface area contributed by atoms with Crippen molar-refractivity contribution >= 4 is 28.5 Å². The molecule has 25 heavy (non-hydrogen) atoms. The molecule has 1 aromatic rings. The summed E-state index contributed by atoms with van der Waals surface area (Å²) in [4.78, 5) is 0. The first kappa shape index (κ1) is 18.7. The van der Waals surface area contributed by atoms with E-state index >= 15 is 0 Å². The van der Waals surface area contributed by atoms with Crippen molar-refractivity contribution in [1.82, 2.24) is 4.31 Å². The second-order valence-electron chi connectivity index (χ2n) is 7.78. The zero-order valence-electron chi connectivity index (χ0n) is 15.4. The van der Waals surface area contributed by atoms with Crippen molar-refractivity contribution in [1.29, 1.82) is 0 Å². The van der Waals surface area contributed by atoms with Crippen LogP contribution < -0.4 is 10.2 Å². The standard InChI is InChI=1S/C17H27BN2O4S/c1-16(2)17(3,4)24-18(23-16)14-8-10-15(11-9-14)19-25(21,22)20-12-6-5-7-13-20/h8-11,19H,5-7,12-13H2,1-4H3. The van der Waals surface area contributed by atoms with Crippen molar-refractivity contribution in [2.24, 2.45) is 0 Å². The van der Waals surface area contributed by atoms with Crippen LogP contribution >= 0.6 is 0 Å². The van der Waals surface area contributed by atoms with Gasteiger partial charge in [-0.3, -0.25) is 4.72 Å². The van der Waals surface area contributed by atoms with E-state index in [4.69, 9.17) is 9.31 Å². The number of hydrogen-bond donors (Lipinski definition) is 1. The SMILES string of the molecule is CC1(C)OB(c2ccc(NS(=O)(=O)N3CCCCC3)cc2)OC1(C)C. The van der Waals surface area contributed by atoms with E-state index in [1.165, 1.54) is 4.31 Å². The van der Waals surface area contributed by atoms with Crippen LogP contribution in [0.5, 0.6) is 0 Å². The molecule has 0 atom stereocenters. The average molecular weight is 366 g/mol. The second-order valence-corrected chi connectivity index (χ2v) is 9.45. The Morgan fingerprint density at radius 2 is 1.48 bits per heavy atom. The topological polar surface area (TPSA) is 67.9 Å². The third kappa shape index (κ3) is 3.87. The Labute approximate surface area is 151 Å². The maximum Gasteiger partial charge on any atom is 0.494 e. The molecule has 0 aliphatic carbocycles. The van der Waals surface area contributed by atoms with Gasteiger partial charge in [0.05, 0.1) is 11.2 Å². The molecule has 1 aromatic carbocycles. The Hall–Kier alpha value is -1.09. The van der Waals surface area contributed by atoms with E-state index in [1.54, 1.807) is 12.1 Å². The van der Waals surface area contributed by atoms with Crippen LogP contribution in [0.4, 0.5) is 5.69 Å². The lowest BCUT2D eigenvalue weighted by molar-refractivity contribution is 0.00578. The van der Waals surface area contributed by atoms with Crippen LogP contribution in [0.15, 0.2) is 24.3 Å². The van der Waals surface area contributed by atoms with E-state index in [1.807, 2.05) is 39.8 Å². The van der Waals surface area contributed by atoms with Gasteiger partial charge in [-0.05, 0) is 58.1 Å². The second kappa shape index (κ2) is 6.57. The van der Waals surface area contributed by atoms with Crippen molar-refractivity contribution in [3.05, 3.63) is 24.3 Å². The molecule has 0 amide bonds. The van der Waals surface area contributed by atoms with Crippen molar-refractivity contribution in [3.63, 3.8) is 0 Å². The summed E-state index contributed by atoms with van der Waals surface area (Å²) in [5.74, 6) is 0. The summed E-state index contributed by atoms with van der Waals surface area (Å²) in [6, 6.07) is 7.19. The van der Waals surface area contributed by atoms with Crippen LogP contribution in [0.2, 0.25) is 0 Å². The molecular formula is C17H27BN2O4S. The zero-order chi connectivity index (χ0) is 18.3. The molecule has 0 radical (unpaired) electrons. The third-order valence-electron chi connectivity index (χ3n) is 5.34. The number of nitrogens with zero attached hydrogens (tertiary/aromatic N) is 1. The van der Waals surface area contributed by atoms with E-state index in [0.717, 1.165) is 24.7 Å². The van der Waals surface area contributed by atoms with Gasteiger partial charge in [0.25, 0.3) is 0 Å². The summed E-state index contributed by atoms with van der Waals surface area (Å²) in [7, 11) is -3.93. The number of anilines is 1. The maximum atomic E-state index is 12.4. The monoisotopic (exact) mass is 366 g/mol. The van der Waals surface area contributed by atoms with Crippen LogP contribution in [0.1, 0.15) is 47.0 Å². The molecule has 1 N–H and O–H groups in total. The van der Waals surface area contributed by atoms with E-state index in [9.17, 15) is 8.42 Å². The number of nitrogens with one attached hydrogen (secondary N) is 1. The summed E-state index contributed by atoms with van der Waals surface area (Å²) in [6.07, 6.45) is 2.93. The molecule has 2 heterocycles. The third-order valence-corrected chi connectivity index (χ3v) is 6.88. The summed E-state index contributed by atoms with van der Waals surface area (Å²) < 4.78 is 41.1. The fraction of sp³-hybridized carbons (Fsp3) is 0.647. The minimum Gasteiger partial charge on any atom is -0.399 e. The first-order valence-corrected chi connectivity index (χ1v) is 10.3. The van der Waals surface area contributed by atoms with Gasteiger partial charge in [0.15, 0.2) is 0 Å². The van der Waals surface area contributed by atoms with Gasteiger partial charge in [0, 0.05) is 18.8 Å². The fourth-order valence-electron chi connectivity index (χ4n) is 3.01. The lowest BCUT2D eigenvalue weighted by Crippen LogP contribution is -2.41. The van der Waals surface area contributed by atoms with Crippen LogP contribution in [0.3, 0.4) is 0 Å². The van der Waals surface area contributed by atoms with Crippen LogP contribution in [0.25, 0.3) is 0 Å². The largest absolute Gasteiger partial charge is 0.494 e. The molecule has 6 nitrogen and oxygen atoms in total. The fourth-order valence-corrected chi connectivity index (χ4v) is 4.31. The minimum atomic E-state index is -3.48. The highest BCUT2D eigenvalue weighted by Crippen LogP contribution is 2.36. The highest BCUT2D eigenvalue weighted by atomic mass is 32.2. The minimum absolute atomic E-state index is 0.397. The van der Waals surface area contributed by atoms with Crippen molar-refractivity contribution < 1.29 is 17.7 Å². The predicted octanol–water partition coefficient (Wildman–Crippen LogP) is 2.13. The zero-order valence-corrected chi connectivity index (χ0v) is 16.2. The van der Waals surface area contributed by atoms with E-state index < -0.39 is 28.5 Å². The Kier molecular flexibility index (Phi) is 4.92. The highest BCUT2D eigenvalue weighted by Gasteiger charge is 2.51. The highest BCUT2D eigenvalue weighted by molar-refractivity contribution is 7.90. The number of piperidine rings is 1. The summed E-state index contributed by atoms with van der Waals surface area (Å²) in [5, 5.41) is 0. The van der Waals surface area contributed by atoms with E-state index in [0.29, 0.717) is 18.8 Å². The lowest BCUT2D eigenvalue weighted by atomic mass is 9.79. The summed E-state index contributed by atoms with van der Waals surface area (Å²) in [5.41, 5.74) is 0.628. The Bertz CT molecular complexity index is 697. The van der Waals surface area contributed by atoms with Crippen molar-refractivity contribution in [3.8, 4) is 0 Å². The maximum absolute atomic E-state index is 12.4. The van der Waals surface area contributed by atoms with Gasteiger partial charge < -0.3 is 9.31 Å². The van der Waals surface area contributed by atoms with Gasteiger partial charge in [-0.25, -0.2) is 0 Å². The molecule has 0 unspecified atom stereocenters. The Morgan fingerprint density at radius 3 is 2.00 bits per heavy atom. The molecule has 2 fully saturated rings. The molecule has 2 saturated heterocycles. The number of hydrogen-bond acceptors (Lipinski definition) is 4. The molecule has 0 bridgehead atoms. The van der Waals surface area contributed by atoms with Gasteiger partial charge in [-0.1, -0.05) is 18.6 Å². The molecule has 8 heteroatoms. The summed E-state index contributed by atoms with van der Waals surface area (Å²) in [6.45, 7) is 9.20. The molecule has 3 rings (SSSR count). The molecule has 0 spiro atoms. The molecular weight excluding hydrogens is 339 g/mol. The number of benzene rings is 1. The normalized spacial score (nSPS) is 23.6. The first-order valence-electron chi connectivity index (χ1n) is 8.84. The molecule has 2 aliphatic rings. The molecule has 138 valence electrons. The first-order chi connectivity index (χ1) is 11.6. The molecule has 2 aliphatic heterocycles. The number of rotatable bonds is 4. The predicted molar refractivity (Wildman–Crippen MR) is 100 cm³/mol. The van der Waals surface area contributed by atoms with Gasteiger partial charge in [-0.2, -0.15) is 12.7 Å². The molecule has 0 aromatic heterocycles. The smallest absolute Gasteiger partial charge is 0.399 e. The van der Waals surface area contributed by atoms with Gasteiger partial charge in [0.1, 0.15) is 0 Å². The average Bonchev–Trinajstić information content (AvgIpc) is 2.77. The van der Waals surface area contributed by atoms with Crippen LogP contribution in [-0.4, -0.2) is 44.1 Å². The van der Waals surface area contributed by atoms with Gasteiger partial charge in [-0.15, -0.1) is 0 Å². The quantitative estimate of drug-likeness (QED) is 0.829. The van der Waals surface area contributed by atoms with Crippen molar-refractivity contribution in [2.75, 3.05) is 17.8 Å². The van der Waals surface area contributed by atoms with Crippen LogP contribution in [0, 0.1) is 0 Å². The lowest BCUT2D eigenvalue weighted by Gasteiger charge is -2.32. The molecule has 0 saturated carbocycles. The summed E-state index contributed by atoms with van der Waals surface area (Å²) >= 11 is 0.